The second-order valence-electron chi connectivity index (χ2n) is 3.82. The van der Waals surface area contributed by atoms with Crippen LogP contribution < -0.4 is 5.32 Å². The van der Waals surface area contributed by atoms with Gasteiger partial charge in [0.1, 0.15) is 11.5 Å². The molecule has 0 bridgehead atoms. The molecule has 0 aliphatic carbocycles. The third-order valence-corrected chi connectivity index (χ3v) is 2.65. The lowest BCUT2D eigenvalue weighted by molar-refractivity contribution is 0.0696. The molecule has 1 amide bonds. The van der Waals surface area contributed by atoms with Crippen LogP contribution in [0.2, 0.25) is 5.02 Å². The fourth-order valence-electron chi connectivity index (χ4n) is 1.45. The number of anilines is 1. The quantitative estimate of drug-likeness (QED) is 0.912. The van der Waals surface area contributed by atoms with Crippen LogP contribution in [-0.4, -0.2) is 22.0 Å². The third-order valence-electron chi connectivity index (χ3n) is 2.42. The van der Waals surface area contributed by atoms with Crippen LogP contribution in [0.15, 0.2) is 36.5 Å². The molecule has 0 spiro atoms. The maximum absolute atomic E-state index is 13.6. The van der Waals surface area contributed by atoms with Gasteiger partial charge in [0.2, 0.25) is 0 Å². The molecule has 0 fully saturated rings. The van der Waals surface area contributed by atoms with E-state index < -0.39 is 17.7 Å². The Bertz CT molecular complexity index is 674. The van der Waals surface area contributed by atoms with Crippen molar-refractivity contribution in [2.24, 2.45) is 0 Å². The van der Waals surface area contributed by atoms with Gasteiger partial charge in [-0.15, -0.1) is 0 Å². The van der Waals surface area contributed by atoms with Crippen molar-refractivity contribution in [3.63, 3.8) is 0 Å². The Morgan fingerprint density at radius 2 is 2.00 bits per heavy atom. The van der Waals surface area contributed by atoms with E-state index in [1.54, 1.807) is 0 Å². The Morgan fingerprint density at radius 1 is 1.25 bits per heavy atom. The first-order valence-corrected chi connectivity index (χ1v) is 5.81. The van der Waals surface area contributed by atoms with Gasteiger partial charge in [0, 0.05) is 6.20 Å². The number of nitrogens with zero attached hydrogens (tertiary/aromatic N) is 1. The summed E-state index contributed by atoms with van der Waals surface area (Å²) in [7, 11) is 0. The number of rotatable bonds is 3. The number of amides is 1. The van der Waals surface area contributed by atoms with Gasteiger partial charge >= 0.3 is 5.97 Å². The minimum atomic E-state index is -1.25. The maximum atomic E-state index is 13.6. The van der Waals surface area contributed by atoms with E-state index in [1.807, 2.05) is 0 Å². The third kappa shape index (κ3) is 3.10. The van der Waals surface area contributed by atoms with E-state index in [1.165, 1.54) is 30.5 Å². The summed E-state index contributed by atoms with van der Waals surface area (Å²) in [5, 5.41) is 11.4. The number of hydrogen-bond donors (Lipinski definition) is 2. The van der Waals surface area contributed by atoms with Crippen molar-refractivity contribution < 1.29 is 19.1 Å². The average molecular weight is 295 g/mol. The van der Waals surface area contributed by atoms with Crippen LogP contribution in [0.25, 0.3) is 0 Å². The van der Waals surface area contributed by atoms with Crippen molar-refractivity contribution in [1.82, 2.24) is 4.98 Å². The van der Waals surface area contributed by atoms with Gasteiger partial charge < -0.3 is 10.4 Å². The normalized spacial score (nSPS) is 10.1. The number of nitrogens with one attached hydrogen (secondary N) is 1. The smallest absolute Gasteiger partial charge is 0.335 e. The fourth-order valence-corrected chi connectivity index (χ4v) is 1.56. The van der Waals surface area contributed by atoms with E-state index in [0.29, 0.717) is 5.02 Å². The first-order chi connectivity index (χ1) is 9.47. The topological polar surface area (TPSA) is 79.3 Å². The summed E-state index contributed by atoms with van der Waals surface area (Å²) in [5.41, 5.74) is -0.266. The summed E-state index contributed by atoms with van der Waals surface area (Å²) < 4.78 is 13.6. The number of carbonyl (C=O) groups excluding carboxylic acids is 1. The molecule has 2 N–H and O–H groups in total. The summed E-state index contributed by atoms with van der Waals surface area (Å²) in [4.78, 5) is 26.2. The Hall–Kier alpha value is -2.47. The Kier molecular flexibility index (Phi) is 3.95. The monoisotopic (exact) mass is 294 g/mol. The van der Waals surface area contributed by atoms with Crippen molar-refractivity contribution in [2.75, 3.05) is 5.32 Å². The minimum Gasteiger partial charge on any atom is -0.478 e. The van der Waals surface area contributed by atoms with Crippen molar-refractivity contribution in [1.29, 1.82) is 0 Å². The van der Waals surface area contributed by atoms with Crippen LogP contribution in [0.3, 0.4) is 0 Å². The molecule has 0 aliphatic heterocycles. The van der Waals surface area contributed by atoms with E-state index in [9.17, 15) is 14.0 Å². The summed E-state index contributed by atoms with van der Waals surface area (Å²) >= 11 is 5.64. The molecule has 0 saturated carbocycles. The van der Waals surface area contributed by atoms with Crippen LogP contribution in [-0.2, 0) is 0 Å². The predicted octanol–water partition coefficient (Wildman–Crippen LogP) is 2.82. The number of halogens is 2. The van der Waals surface area contributed by atoms with Crippen molar-refractivity contribution >= 4 is 29.2 Å². The molecule has 1 heterocycles. The van der Waals surface area contributed by atoms with Gasteiger partial charge in [0.15, 0.2) is 0 Å². The van der Waals surface area contributed by atoms with Crippen LogP contribution in [0.1, 0.15) is 20.8 Å². The molecule has 7 heteroatoms. The first kappa shape index (κ1) is 14.0. The molecular formula is C13H8ClFN2O3. The van der Waals surface area contributed by atoms with E-state index in [4.69, 9.17) is 16.7 Å². The zero-order valence-electron chi connectivity index (χ0n) is 9.93. The van der Waals surface area contributed by atoms with E-state index in [2.05, 4.69) is 10.3 Å². The average Bonchev–Trinajstić information content (AvgIpc) is 2.41. The lowest BCUT2D eigenvalue weighted by Crippen LogP contribution is -2.14. The Balaban J connectivity index is 2.19. The Labute approximate surface area is 118 Å². The summed E-state index contributed by atoms with van der Waals surface area (Å²) in [6.07, 6.45) is 1.29. The number of carbonyl (C=O) groups is 2. The molecule has 5 nitrogen and oxygen atoms in total. The van der Waals surface area contributed by atoms with Crippen LogP contribution in [0.5, 0.6) is 0 Å². The van der Waals surface area contributed by atoms with Gasteiger partial charge in [0.05, 0.1) is 16.3 Å². The highest BCUT2D eigenvalue weighted by Crippen LogP contribution is 2.17. The Morgan fingerprint density at radius 3 is 2.55 bits per heavy atom. The largest absolute Gasteiger partial charge is 0.478 e. The van der Waals surface area contributed by atoms with Crippen LogP contribution >= 0.6 is 11.6 Å². The first-order valence-electron chi connectivity index (χ1n) is 5.43. The minimum absolute atomic E-state index is 0.0658. The van der Waals surface area contributed by atoms with E-state index >= 15 is 0 Å². The number of carboxylic acids is 1. The molecule has 2 aromatic rings. The molecule has 0 saturated heterocycles. The molecule has 0 atom stereocenters. The number of pyridine rings is 1. The summed E-state index contributed by atoms with van der Waals surface area (Å²) in [6.45, 7) is 0. The lowest BCUT2D eigenvalue weighted by Gasteiger charge is -2.06. The van der Waals surface area contributed by atoms with Gasteiger partial charge in [0.25, 0.3) is 5.91 Å². The maximum Gasteiger partial charge on any atom is 0.335 e. The predicted molar refractivity (Wildman–Crippen MR) is 70.6 cm³/mol. The van der Waals surface area contributed by atoms with Crippen molar-refractivity contribution in [2.45, 2.75) is 0 Å². The number of aromatic carboxylic acids is 1. The molecule has 1 aromatic heterocycles. The van der Waals surface area contributed by atoms with Gasteiger partial charge in [-0.2, -0.15) is 0 Å². The zero-order chi connectivity index (χ0) is 14.7. The highest BCUT2D eigenvalue weighted by Gasteiger charge is 2.12. The van der Waals surface area contributed by atoms with Crippen molar-refractivity contribution in [3.05, 3.63) is 58.6 Å². The molecular weight excluding hydrogens is 287 g/mol. The number of hydrogen-bond acceptors (Lipinski definition) is 3. The van der Waals surface area contributed by atoms with Gasteiger partial charge in [-0.3, -0.25) is 4.79 Å². The molecule has 0 unspecified atom stereocenters. The second-order valence-corrected chi connectivity index (χ2v) is 4.25. The molecule has 0 radical (unpaired) electrons. The lowest BCUT2D eigenvalue weighted by atomic mass is 10.2. The van der Waals surface area contributed by atoms with Gasteiger partial charge in [-0.1, -0.05) is 11.6 Å². The molecule has 0 aliphatic rings. The van der Waals surface area contributed by atoms with Gasteiger partial charge in [-0.05, 0) is 30.3 Å². The van der Waals surface area contributed by atoms with Crippen LogP contribution in [0, 0.1) is 5.82 Å². The molecule has 1 aromatic carbocycles. The van der Waals surface area contributed by atoms with Crippen molar-refractivity contribution in [3.8, 4) is 0 Å². The molecule has 102 valence electrons. The second kappa shape index (κ2) is 5.66. The zero-order valence-corrected chi connectivity index (χ0v) is 10.7. The number of aromatic nitrogens is 1. The van der Waals surface area contributed by atoms with E-state index in [-0.39, 0.29) is 16.9 Å². The highest BCUT2D eigenvalue weighted by atomic mass is 35.5. The number of benzene rings is 1. The van der Waals surface area contributed by atoms with Gasteiger partial charge in [-0.25, -0.2) is 14.2 Å². The van der Waals surface area contributed by atoms with Crippen LogP contribution in [0.4, 0.5) is 10.1 Å². The highest BCUT2D eigenvalue weighted by molar-refractivity contribution is 6.30. The molecule has 20 heavy (non-hydrogen) atoms. The standard InChI is InChI=1S/C13H8ClFN2O3/c14-8-2-4-11(16-6-8)12(18)17-10-3-1-7(13(19)20)5-9(10)15/h1-6H,(H,17,18)(H,19,20). The SMILES string of the molecule is O=C(O)c1ccc(NC(=O)c2ccc(Cl)cn2)c(F)c1. The van der Waals surface area contributed by atoms with E-state index in [0.717, 1.165) is 6.07 Å². The molecule has 2 rings (SSSR count). The fraction of sp³-hybridized carbons (Fsp3) is 0. The summed E-state index contributed by atoms with van der Waals surface area (Å²) in [5.74, 6) is -2.71. The summed E-state index contributed by atoms with van der Waals surface area (Å²) in [6, 6.07) is 6.06. The number of carboxylic acid groups (broad SMARTS) is 1.